The summed E-state index contributed by atoms with van der Waals surface area (Å²) in [6, 6.07) is 8.28. The summed E-state index contributed by atoms with van der Waals surface area (Å²) in [5.74, 6) is 0.251. The number of fused-ring (bicyclic) bond motifs is 1. The molecular formula is C18H23N3O2S. The first-order valence-electron chi connectivity index (χ1n) is 8.74. The van der Waals surface area contributed by atoms with E-state index in [1.165, 1.54) is 4.70 Å². The molecule has 1 unspecified atom stereocenters. The number of rotatable bonds is 4. The molecule has 2 aliphatic heterocycles. The molecule has 2 fully saturated rings. The van der Waals surface area contributed by atoms with E-state index in [2.05, 4.69) is 23.1 Å². The van der Waals surface area contributed by atoms with Gasteiger partial charge in [0.1, 0.15) is 5.01 Å². The quantitative estimate of drug-likeness (QED) is 0.854. The third-order valence-electron chi connectivity index (χ3n) is 4.85. The van der Waals surface area contributed by atoms with Crippen LogP contribution in [0.3, 0.4) is 0 Å². The Morgan fingerprint density at radius 1 is 1.25 bits per heavy atom. The zero-order chi connectivity index (χ0) is 16.4. The number of carbonyl (C=O) groups excluding carboxylic acids is 1. The predicted octanol–water partition coefficient (Wildman–Crippen LogP) is 2.51. The van der Waals surface area contributed by atoms with Crippen molar-refractivity contribution >= 4 is 27.5 Å². The summed E-state index contributed by atoms with van der Waals surface area (Å²) in [4.78, 5) is 21.5. The van der Waals surface area contributed by atoms with Gasteiger partial charge in [-0.3, -0.25) is 9.69 Å². The topological polar surface area (TPSA) is 45.7 Å². The number of aromatic nitrogens is 1. The number of piperazine rings is 1. The van der Waals surface area contributed by atoms with Crippen molar-refractivity contribution in [3.8, 4) is 0 Å². The molecule has 0 radical (unpaired) electrons. The third-order valence-corrected chi connectivity index (χ3v) is 5.87. The van der Waals surface area contributed by atoms with Crippen LogP contribution in [0.5, 0.6) is 0 Å². The molecule has 2 saturated heterocycles. The molecule has 2 aromatic rings. The van der Waals surface area contributed by atoms with E-state index in [1.807, 2.05) is 11.0 Å². The summed E-state index contributed by atoms with van der Waals surface area (Å²) in [6.07, 6.45) is 2.83. The monoisotopic (exact) mass is 345 g/mol. The second-order valence-electron chi connectivity index (χ2n) is 6.57. The van der Waals surface area contributed by atoms with Gasteiger partial charge in [0.2, 0.25) is 5.91 Å². The average molecular weight is 345 g/mol. The molecule has 1 amide bonds. The first-order valence-corrected chi connectivity index (χ1v) is 9.56. The minimum atomic E-state index is 0.151. The predicted molar refractivity (Wildman–Crippen MR) is 95.1 cm³/mol. The normalized spacial score (nSPS) is 22.3. The number of hydrogen-bond acceptors (Lipinski definition) is 5. The van der Waals surface area contributed by atoms with Crippen molar-refractivity contribution < 1.29 is 9.53 Å². The number of benzene rings is 1. The molecule has 6 heteroatoms. The largest absolute Gasteiger partial charge is 0.378 e. The molecule has 2 aliphatic rings. The minimum absolute atomic E-state index is 0.151. The number of para-hydroxylation sites is 1. The highest BCUT2D eigenvalue weighted by Crippen LogP contribution is 2.23. The van der Waals surface area contributed by atoms with Crippen LogP contribution in [0.2, 0.25) is 0 Å². The lowest BCUT2D eigenvalue weighted by atomic mass is 10.1. The van der Waals surface area contributed by atoms with Crippen LogP contribution in [0.4, 0.5) is 0 Å². The number of amides is 1. The number of ether oxygens (including phenoxy) is 1. The number of nitrogens with zero attached hydrogens (tertiary/aromatic N) is 3. The number of thiazole rings is 1. The number of hydrogen-bond donors (Lipinski definition) is 0. The molecule has 1 aromatic heterocycles. The van der Waals surface area contributed by atoms with Gasteiger partial charge >= 0.3 is 0 Å². The maximum Gasteiger partial charge on any atom is 0.225 e. The maximum absolute atomic E-state index is 12.4. The number of carbonyl (C=O) groups is 1. The van der Waals surface area contributed by atoms with Crippen molar-refractivity contribution in [2.24, 2.45) is 0 Å². The Hall–Kier alpha value is -1.50. The molecular weight excluding hydrogens is 322 g/mol. The van der Waals surface area contributed by atoms with Gasteiger partial charge in [0.25, 0.3) is 0 Å². The molecule has 0 saturated carbocycles. The Bertz CT molecular complexity index is 670. The summed E-state index contributed by atoms with van der Waals surface area (Å²) < 4.78 is 6.83. The van der Waals surface area contributed by atoms with Crippen LogP contribution >= 0.6 is 11.3 Å². The van der Waals surface area contributed by atoms with E-state index in [4.69, 9.17) is 9.72 Å². The molecule has 0 N–H and O–H groups in total. The van der Waals surface area contributed by atoms with Crippen molar-refractivity contribution in [1.29, 1.82) is 0 Å². The first-order chi connectivity index (χ1) is 11.8. The van der Waals surface area contributed by atoms with Gasteiger partial charge in [-0.05, 0) is 25.0 Å². The van der Waals surface area contributed by atoms with E-state index >= 15 is 0 Å². The van der Waals surface area contributed by atoms with Gasteiger partial charge in [0, 0.05) is 32.8 Å². The van der Waals surface area contributed by atoms with Gasteiger partial charge in [-0.15, -0.1) is 11.3 Å². The maximum atomic E-state index is 12.4. The highest BCUT2D eigenvalue weighted by molar-refractivity contribution is 7.18. The second kappa shape index (κ2) is 7.17. The molecule has 5 nitrogen and oxygen atoms in total. The van der Waals surface area contributed by atoms with Gasteiger partial charge in [-0.25, -0.2) is 4.98 Å². The fraction of sp³-hybridized carbons (Fsp3) is 0.556. The fourth-order valence-electron chi connectivity index (χ4n) is 3.46. The summed E-state index contributed by atoms with van der Waals surface area (Å²) >= 11 is 1.77. The Morgan fingerprint density at radius 3 is 2.83 bits per heavy atom. The van der Waals surface area contributed by atoms with E-state index in [0.29, 0.717) is 6.42 Å². The minimum Gasteiger partial charge on any atom is -0.378 e. The van der Waals surface area contributed by atoms with Crippen molar-refractivity contribution in [2.45, 2.75) is 31.9 Å². The van der Waals surface area contributed by atoms with Crippen LogP contribution in [0.1, 0.15) is 24.3 Å². The highest BCUT2D eigenvalue weighted by Gasteiger charge is 2.25. The van der Waals surface area contributed by atoms with Gasteiger partial charge < -0.3 is 9.64 Å². The zero-order valence-electron chi connectivity index (χ0n) is 13.8. The molecule has 1 aromatic carbocycles. The van der Waals surface area contributed by atoms with Crippen molar-refractivity contribution in [2.75, 3.05) is 32.8 Å². The molecule has 128 valence electrons. The smallest absolute Gasteiger partial charge is 0.225 e. The lowest BCUT2D eigenvalue weighted by Gasteiger charge is -2.34. The van der Waals surface area contributed by atoms with Crippen LogP contribution in [-0.4, -0.2) is 59.6 Å². The summed E-state index contributed by atoms with van der Waals surface area (Å²) in [5, 5.41) is 1.16. The highest BCUT2D eigenvalue weighted by atomic mass is 32.1. The second-order valence-corrected chi connectivity index (χ2v) is 7.69. The SMILES string of the molecule is O=C(CC1CCCO1)N1CCN(Cc2nc3ccccc3s2)CC1. The van der Waals surface area contributed by atoms with Gasteiger partial charge in [0.15, 0.2) is 0 Å². The van der Waals surface area contributed by atoms with E-state index in [0.717, 1.165) is 62.7 Å². The Labute approximate surface area is 146 Å². The van der Waals surface area contributed by atoms with Crippen LogP contribution in [0.15, 0.2) is 24.3 Å². The molecule has 1 atom stereocenters. The van der Waals surface area contributed by atoms with E-state index in [9.17, 15) is 4.79 Å². The van der Waals surface area contributed by atoms with Crippen LogP contribution in [0.25, 0.3) is 10.2 Å². The standard InChI is InChI=1S/C18H23N3O2S/c22-18(12-14-4-3-11-23-14)21-9-7-20(8-10-21)13-17-19-15-5-1-2-6-16(15)24-17/h1-2,5-6,14H,3-4,7-13H2. The first kappa shape index (κ1) is 16.0. The van der Waals surface area contributed by atoms with Crippen molar-refractivity contribution in [1.82, 2.24) is 14.8 Å². The lowest BCUT2D eigenvalue weighted by molar-refractivity contribution is -0.135. The van der Waals surface area contributed by atoms with Crippen LogP contribution in [-0.2, 0) is 16.1 Å². The van der Waals surface area contributed by atoms with E-state index < -0.39 is 0 Å². The molecule has 24 heavy (non-hydrogen) atoms. The summed E-state index contributed by atoms with van der Waals surface area (Å²) in [7, 11) is 0. The van der Waals surface area contributed by atoms with Crippen molar-refractivity contribution in [3.05, 3.63) is 29.3 Å². The molecule has 3 heterocycles. The molecule has 0 bridgehead atoms. The average Bonchev–Trinajstić information content (AvgIpc) is 3.24. The van der Waals surface area contributed by atoms with Crippen molar-refractivity contribution in [3.63, 3.8) is 0 Å². The van der Waals surface area contributed by atoms with Crippen LogP contribution < -0.4 is 0 Å². The summed E-state index contributed by atoms with van der Waals surface area (Å²) in [6.45, 7) is 5.17. The lowest BCUT2D eigenvalue weighted by Crippen LogP contribution is -2.48. The third kappa shape index (κ3) is 3.61. The summed E-state index contributed by atoms with van der Waals surface area (Å²) in [5.41, 5.74) is 1.09. The van der Waals surface area contributed by atoms with Gasteiger partial charge in [0.05, 0.1) is 29.3 Å². The Balaban J connectivity index is 1.28. The van der Waals surface area contributed by atoms with Gasteiger partial charge in [-0.1, -0.05) is 12.1 Å². The molecule has 4 rings (SSSR count). The van der Waals surface area contributed by atoms with E-state index in [-0.39, 0.29) is 12.0 Å². The fourth-order valence-corrected chi connectivity index (χ4v) is 4.47. The Kier molecular flexibility index (Phi) is 4.78. The zero-order valence-corrected chi connectivity index (χ0v) is 14.6. The Morgan fingerprint density at radius 2 is 2.08 bits per heavy atom. The van der Waals surface area contributed by atoms with Gasteiger partial charge in [-0.2, -0.15) is 0 Å². The van der Waals surface area contributed by atoms with E-state index in [1.54, 1.807) is 11.3 Å². The van der Waals surface area contributed by atoms with Crippen LogP contribution in [0, 0.1) is 0 Å². The molecule has 0 aliphatic carbocycles. The molecule has 0 spiro atoms.